The van der Waals surface area contributed by atoms with Crippen molar-refractivity contribution >= 4 is 11.8 Å². The zero-order chi connectivity index (χ0) is 27.1. The van der Waals surface area contributed by atoms with Gasteiger partial charge in [-0.3, -0.25) is 14.5 Å². The summed E-state index contributed by atoms with van der Waals surface area (Å²) in [4.78, 5) is 36.1. The Morgan fingerprint density at radius 1 is 1.23 bits per heavy atom. The number of likely N-dealkylation sites (tertiary alicyclic amines) is 1. The van der Waals surface area contributed by atoms with Crippen LogP contribution in [0.3, 0.4) is 0 Å². The Bertz CT molecular complexity index is 1400. The molecule has 206 valence electrons. The van der Waals surface area contributed by atoms with Gasteiger partial charge in [0.25, 0.3) is 0 Å². The van der Waals surface area contributed by atoms with Crippen LogP contribution in [0.4, 0.5) is 0 Å². The smallest absolute Gasteiger partial charge is 0.309 e. The summed E-state index contributed by atoms with van der Waals surface area (Å²) in [5, 5.41) is 18.0. The number of likely N-dealkylation sites (N-methyl/N-ethyl adjacent to an activating group) is 1. The maximum absolute atomic E-state index is 13.1. The number of carbonyl (C=O) groups is 2. The number of carboxylic acid groups (broad SMARTS) is 1. The van der Waals surface area contributed by atoms with Gasteiger partial charge >= 0.3 is 5.97 Å². The molecule has 39 heavy (non-hydrogen) atoms. The second-order valence-electron chi connectivity index (χ2n) is 11.1. The fourth-order valence-corrected chi connectivity index (χ4v) is 6.60. The lowest BCUT2D eigenvalue weighted by molar-refractivity contribution is -0.136. The van der Waals surface area contributed by atoms with Crippen molar-refractivity contribution in [3.63, 3.8) is 0 Å². The van der Waals surface area contributed by atoms with Crippen molar-refractivity contribution in [1.82, 2.24) is 29.8 Å². The number of hydrogen-bond donors (Lipinski definition) is 1. The molecule has 11 heteroatoms. The molecule has 0 bridgehead atoms. The Labute approximate surface area is 226 Å². The van der Waals surface area contributed by atoms with E-state index in [1.54, 1.807) is 18.3 Å². The van der Waals surface area contributed by atoms with Gasteiger partial charge in [-0.25, -0.2) is 9.67 Å². The molecule has 1 aliphatic heterocycles. The number of aromatic nitrogens is 5. The fraction of sp³-hybridized carbons (Fsp3) is 0.571. The van der Waals surface area contributed by atoms with Crippen molar-refractivity contribution in [3.8, 4) is 23.2 Å². The van der Waals surface area contributed by atoms with Crippen molar-refractivity contribution in [2.24, 2.45) is 0 Å². The van der Waals surface area contributed by atoms with E-state index in [0.29, 0.717) is 41.1 Å². The fourth-order valence-electron chi connectivity index (χ4n) is 6.60. The molecule has 6 rings (SSSR count). The first kappa shape index (κ1) is 25.7. The van der Waals surface area contributed by atoms with Gasteiger partial charge in [-0.2, -0.15) is 10.1 Å². The zero-order valence-electron chi connectivity index (χ0n) is 22.4. The van der Waals surface area contributed by atoms with Gasteiger partial charge in [-0.05, 0) is 71.5 Å². The van der Waals surface area contributed by atoms with E-state index in [0.717, 1.165) is 63.5 Å². The average molecular weight is 535 g/mol. The molecular formula is C28H34N6O5. The van der Waals surface area contributed by atoms with Crippen molar-refractivity contribution < 1.29 is 24.0 Å². The summed E-state index contributed by atoms with van der Waals surface area (Å²) in [5.41, 5.74) is 1.25. The third-order valence-corrected chi connectivity index (χ3v) is 8.58. The minimum atomic E-state index is -0.956. The van der Waals surface area contributed by atoms with Crippen LogP contribution >= 0.6 is 0 Å². The molecule has 4 heterocycles. The number of nitrogens with zero attached hydrogens (tertiary/aromatic N) is 6. The van der Waals surface area contributed by atoms with Crippen LogP contribution in [-0.4, -0.2) is 72.4 Å². The molecule has 3 atom stereocenters. The number of aliphatic carboxylic acids is 1. The van der Waals surface area contributed by atoms with Gasteiger partial charge in [-0.1, -0.05) is 11.6 Å². The lowest BCUT2D eigenvalue weighted by atomic mass is 9.64. The minimum Gasteiger partial charge on any atom is -0.481 e. The predicted octanol–water partition coefficient (Wildman–Crippen LogP) is 3.52. The van der Waals surface area contributed by atoms with Gasteiger partial charge in [0.05, 0.1) is 17.5 Å². The van der Waals surface area contributed by atoms with Crippen molar-refractivity contribution in [3.05, 3.63) is 35.3 Å². The van der Waals surface area contributed by atoms with Crippen LogP contribution in [0.1, 0.15) is 75.3 Å². The summed E-state index contributed by atoms with van der Waals surface area (Å²) in [6.45, 7) is 3.08. The molecule has 2 aliphatic carbocycles. The normalized spacial score (nSPS) is 24.2. The van der Waals surface area contributed by atoms with E-state index in [1.807, 2.05) is 6.92 Å². The Morgan fingerprint density at radius 2 is 2.08 bits per heavy atom. The topological polar surface area (TPSA) is 136 Å². The van der Waals surface area contributed by atoms with Crippen LogP contribution in [0.25, 0.3) is 17.3 Å². The summed E-state index contributed by atoms with van der Waals surface area (Å²) >= 11 is 0. The van der Waals surface area contributed by atoms with Crippen LogP contribution in [-0.2, 0) is 27.8 Å². The van der Waals surface area contributed by atoms with Gasteiger partial charge < -0.3 is 14.4 Å². The van der Waals surface area contributed by atoms with Crippen molar-refractivity contribution in [2.45, 2.75) is 88.7 Å². The Kier molecular flexibility index (Phi) is 6.70. The highest BCUT2D eigenvalue weighted by molar-refractivity contribution is 5.91. The average Bonchev–Trinajstić information content (AvgIpc) is 3.66. The molecule has 0 amide bonds. The summed E-state index contributed by atoms with van der Waals surface area (Å²) in [6.07, 6.45) is 9.23. The first-order valence-electron chi connectivity index (χ1n) is 13.9. The van der Waals surface area contributed by atoms with Gasteiger partial charge in [0.1, 0.15) is 11.9 Å². The number of rotatable bonds is 7. The lowest BCUT2D eigenvalue weighted by Crippen LogP contribution is -2.41. The van der Waals surface area contributed by atoms with Gasteiger partial charge in [-0.15, -0.1) is 0 Å². The molecule has 3 aromatic rings. The second-order valence-corrected chi connectivity index (χ2v) is 11.1. The third-order valence-electron chi connectivity index (χ3n) is 8.58. The lowest BCUT2D eigenvalue weighted by Gasteiger charge is -2.36. The molecule has 11 nitrogen and oxygen atoms in total. The van der Waals surface area contributed by atoms with E-state index in [-0.39, 0.29) is 24.3 Å². The Hall–Kier alpha value is -3.60. The quantitative estimate of drug-likeness (QED) is 0.479. The number of carboxylic acids is 1. The highest BCUT2D eigenvalue weighted by Gasteiger charge is 2.48. The number of Topliss-reactive ketones (excluding diaryl/α,β-unsaturated/α-hetero) is 1. The van der Waals surface area contributed by atoms with Crippen LogP contribution in [0.15, 0.2) is 22.9 Å². The van der Waals surface area contributed by atoms with Crippen LogP contribution in [0, 0.1) is 0 Å². The number of ether oxygens (including phenoxy) is 1. The maximum atomic E-state index is 13.1. The molecular weight excluding hydrogens is 500 g/mol. The zero-order valence-corrected chi connectivity index (χ0v) is 22.4. The molecule has 1 spiro atoms. The molecule has 0 unspecified atom stereocenters. The molecule has 1 N–H and O–H groups in total. The molecule has 0 aromatic carbocycles. The molecule has 1 saturated heterocycles. The number of fused-ring (bicyclic) bond motifs is 2. The first-order valence-corrected chi connectivity index (χ1v) is 13.9. The molecule has 3 aromatic heterocycles. The number of carbonyl (C=O) groups excluding carboxylic acids is 1. The summed E-state index contributed by atoms with van der Waals surface area (Å²) in [7, 11) is 2.10. The second kappa shape index (κ2) is 10.2. The standard InChI is InChI=1S/C28H34N6O5/c1-17(20-8-6-13-33(20)2)38-23-16-22(34-14-10-18(31-34)15-24(36)37)29-27(30-23)25-19-7-5-12-28(26(19)39-32-25)11-4-3-9-21(28)35/h10,14,16-17,20H,3-9,11-13,15H2,1-2H3,(H,36,37)/t17-,20-,28+/m0/s1. The first-order chi connectivity index (χ1) is 18.8. The Balaban J connectivity index is 1.40. The van der Waals surface area contributed by atoms with E-state index in [9.17, 15) is 14.7 Å². The van der Waals surface area contributed by atoms with Crippen LogP contribution in [0.2, 0.25) is 0 Å². The summed E-state index contributed by atoms with van der Waals surface area (Å²) < 4.78 is 13.8. The van der Waals surface area contributed by atoms with Gasteiger partial charge in [0.15, 0.2) is 23.1 Å². The number of hydrogen-bond acceptors (Lipinski definition) is 9. The molecule has 0 radical (unpaired) electrons. The van der Waals surface area contributed by atoms with Crippen molar-refractivity contribution in [1.29, 1.82) is 0 Å². The van der Waals surface area contributed by atoms with E-state index in [2.05, 4.69) is 22.2 Å². The summed E-state index contributed by atoms with van der Waals surface area (Å²) in [5.74, 6) is 1.13. The minimum absolute atomic E-state index is 0.109. The molecule has 1 saturated carbocycles. The summed E-state index contributed by atoms with van der Waals surface area (Å²) in [6, 6.07) is 3.64. The Morgan fingerprint density at radius 3 is 2.85 bits per heavy atom. The third kappa shape index (κ3) is 4.73. The molecule has 2 fully saturated rings. The maximum Gasteiger partial charge on any atom is 0.309 e. The SMILES string of the molecule is C[C@H](Oc1cc(-n2ccc(CC(=O)O)n2)nc(-c2noc3c2CCC[C@@]32CCCCC2=O)n1)[C@@H]1CCCN1C. The predicted molar refractivity (Wildman–Crippen MR) is 140 cm³/mol. The van der Waals surface area contributed by atoms with E-state index in [4.69, 9.17) is 19.2 Å². The largest absolute Gasteiger partial charge is 0.481 e. The van der Waals surface area contributed by atoms with Crippen LogP contribution in [0.5, 0.6) is 5.88 Å². The van der Waals surface area contributed by atoms with E-state index in [1.165, 1.54) is 4.68 Å². The highest BCUT2D eigenvalue weighted by atomic mass is 16.5. The van der Waals surface area contributed by atoms with E-state index < -0.39 is 11.4 Å². The van der Waals surface area contributed by atoms with Gasteiger partial charge in [0.2, 0.25) is 5.88 Å². The highest BCUT2D eigenvalue weighted by Crippen LogP contribution is 2.47. The van der Waals surface area contributed by atoms with E-state index >= 15 is 0 Å². The van der Waals surface area contributed by atoms with Gasteiger partial charge in [0, 0.05) is 30.3 Å². The molecule has 3 aliphatic rings. The van der Waals surface area contributed by atoms with Crippen molar-refractivity contribution in [2.75, 3.05) is 13.6 Å². The number of ketones is 1. The van der Waals surface area contributed by atoms with Crippen LogP contribution < -0.4 is 4.74 Å². The monoisotopic (exact) mass is 534 g/mol.